The number of fused-ring (bicyclic) bond motifs is 1. The summed E-state index contributed by atoms with van der Waals surface area (Å²) in [5.41, 5.74) is 7.43. The normalized spacial score (nSPS) is 11.5. The number of anilines is 1. The minimum atomic E-state index is 0.466. The van der Waals surface area contributed by atoms with Crippen LogP contribution in [-0.2, 0) is 0 Å². The van der Waals surface area contributed by atoms with E-state index in [0.717, 1.165) is 11.2 Å². The maximum absolute atomic E-state index is 5.84. The zero-order valence-electron chi connectivity index (χ0n) is 11.8. The van der Waals surface area contributed by atoms with Gasteiger partial charge in [0.25, 0.3) is 0 Å². The van der Waals surface area contributed by atoms with Crippen LogP contribution in [0.15, 0.2) is 12.7 Å². The molecule has 0 radical (unpaired) electrons. The number of imidazole rings is 1. The van der Waals surface area contributed by atoms with Crippen LogP contribution in [-0.4, -0.2) is 19.5 Å². The fourth-order valence-corrected chi connectivity index (χ4v) is 2.44. The molecule has 0 aliphatic heterocycles. The molecular formula is C14H23N5. The first-order valence-corrected chi connectivity index (χ1v) is 7.20. The molecule has 0 amide bonds. The smallest absolute Gasteiger partial charge is 0.165 e. The van der Waals surface area contributed by atoms with E-state index in [4.69, 9.17) is 5.73 Å². The Kier molecular flexibility index (Phi) is 4.71. The van der Waals surface area contributed by atoms with Crippen molar-refractivity contribution in [2.75, 3.05) is 5.73 Å². The standard InChI is InChI=1S/C14H23N5/c1-3-5-7-11(8-6-4-2)19-10-18-12-13(15)16-9-17-14(12)19/h9-11H,3-8H2,1-2H3,(H2,15,16,17). The number of rotatable bonds is 7. The van der Waals surface area contributed by atoms with Gasteiger partial charge in [-0.2, -0.15) is 0 Å². The molecule has 2 rings (SSSR count). The zero-order chi connectivity index (χ0) is 13.7. The van der Waals surface area contributed by atoms with E-state index in [-0.39, 0.29) is 0 Å². The van der Waals surface area contributed by atoms with Crippen LogP contribution >= 0.6 is 0 Å². The molecule has 0 saturated heterocycles. The van der Waals surface area contributed by atoms with Gasteiger partial charge >= 0.3 is 0 Å². The molecule has 2 aromatic rings. The van der Waals surface area contributed by atoms with Gasteiger partial charge in [0.15, 0.2) is 11.5 Å². The lowest BCUT2D eigenvalue weighted by molar-refractivity contribution is 0.415. The van der Waals surface area contributed by atoms with E-state index < -0.39 is 0 Å². The summed E-state index contributed by atoms with van der Waals surface area (Å²) < 4.78 is 2.18. The van der Waals surface area contributed by atoms with E-state index in [2.05, 4.69) is 33.4 Å². The Balaban J connectivity index is 2.29. The summed E-state index contributed by atoms with van der Waals surface area (Å²) in [5, 5.41) is 0. The van der Waals surface area contributed by atoms with Gasteiger partial charge in [-0.05, 0) is 12.8 Å². The molecule has 5 nitrogen and oxygen atoms in total. The Hall–Kier alpha value is -1.65. The second-order valence-corrected chi connectivity index (χ2v) is 5.02. The van der Waals surface area contributed by atoms with Crippen molar-refractivity contribution >= 4 is 17.0 Å². The van der Waals surface area contributed by atoms with Gasteiger partial charge in [0.1, 0.15) is 11.8 Å². The largest absolute Gasteiger partial charge is 0.382 e. The highest BCUT2D eigenvalue weighted by Gasteiger charge is 2.15. The Morgan fingerprint density at radius 3 is 2.42 bits per heavy atom. The first kappa shape index (κ1) is 13.8. The van der Waals surface area contributed by atoms with Crippen molar-refractivity contribution in [3.8, 4) is 0 Å². The highest BCUT2D eigenvalue weighted by atomic mass is 15.1. The van der Waals surface area contributed by atoms with Gasteiger partial charge in [0.2, 0.25) is 0 Å². The summed E-state index contributed by atoms with van der Waals surface area (Å²) in [6.45, 7) is 4.45. The Morgan fingerprint density at radius 2 is 1.79 bits per heavy atom. The molecule has 104 valence electrons. The van der Waals surface area contributed by atoms with Crippen molar-refractivity contribution < 1.29 is 0 Å². The van der Waals surface area contributed by atoms with E-state index in [9.17, 15) is 0 Å². The number of nitrogens with two attached hydrogens (primary N) is 1. The number of nitrogens with zero attached hydrogens (tertiary/aromatic N) is 4. The summed E-state index contributed by atoms with van der Waals surface area (Å²) in [6, 6.07) is 0.471. The van der Waals surface area contributed by atoms with Crippen LogP contribution in [0.3, 0.4) is 0 Å². The fourth-order valence-electron chi connectivity index (χ4n) is 2.44. The molecule has 5 heteroatoms. The molecule has 2 aromatic heterocycles. The summed E-state index contributed by atoms with van der Waals surface area (Å²) >= 11 is 0. The van der Waals surface area contributed by atoms with E-state index >= 15 is 0 Å². The molecule has 2 N–H and O–H groups in total. The maximum Gasteiger partial charge on any atom is 0.165 e. The molecule has 19 heavy (non-hydrogen) atoms. The molecular weight excluding hydrogens is 238 g/mol. The van der Waals surface area contributed by atoms with Crippen molar-refractivity contribution in [1.29, 1.82) is 0 Å². The van der Waals surface area contributed by atoms with Crippen molar-refractivity contribution in [2.45, 2.75) is 58.4 Å². The van der Waals surface area contributed by atoms with Crippen molar-refractivity contribution in [2.24, 2.45) is 0 Å². The number of aromatic nitrogens is 4. The maximum atomic E-state index is 5.84. The van der Waals surface area contributed by atoms with E-state index in [1.807, 2.05) is 6.33 Å². The highest BCUT2D eigenvalue weighted by molar-refractivity contribution is 5.81. The molecule has 0 aliphatic carbocycles. The average Bonchev–Trinajstić information content (AvgIpc) is 2.84. The van der Waals surface area contributed by atoms with Crippen LogP contribution in [0.4, 0.5) is 5.82 Å². The molecule has 0 unspecified atom stereocenters. The lowest BCUT2D eigenvalue weighted by Crippen LogP contribution is -2.09. The minimum absolute atomic E-state index is 0.466. The van der Waals surface area contributed by atoms with Gasteiger partial charge in [0, 0.05) is 6.04 Å². The Morgan fingerprint density at radius 1 is 1.11 bits per heavy atom. The first-order valence-electron chi connectivity index (χ1n) is 7.20. The molecule has 0 aromatic carbocycles. The quantitative estimate of drug-likeness (QED) is 0.830. The van der Waals surface area contributed by atoms with Crippen LogP contribution in [0.25, 0.3) is 11.2 Å². The monoisotopic (exact) mass is 261 g/mol. The molecule has 0 aliphatic rings. The molecule has 0 atom stereocenters. The molecule has 0 spiro atoms. The van der Waals surface area contributed by atoms with Gasteiger partial charge in [-0.15, -0.1) is 0 Å². The van der Waals surface area contributed by atoms with Gasteiger partial charge in [-0.3, -0.25) is 0 Å². The lowest BCUT2D eigenvalue weighted by Gasteiger charge is -2.18. The summed E-state index contributed by atoms with van der Waals surface area (Å²) in [7, 11) is 0. The van der Waals surface area contributed by atoms with Crippen LogP contribution in [0.2, 0.25) is 0 Å². The number of nitrogen functional groups attached to an aromatic ring is 1. The van der Waals surface area contributed by atoms with Crippen LogP contribution < -0.4 is 5.73 Å². The third-order valence-electron chi connectivity index (χ3n) is 3.56. The summed E-state index contributed by atoms with van der Waals surface area (Å²) in [4.78, 5) is 12.7. The van der Waals surface area contributed by atoms with Crippen molar-refractivity contribution in [1.82, 2.24) is 19.5 Å². The zero-order valence-corrected chi connectivity index (χ0v) is 11.8. The van der Waals surface area contributed by atoms with Gasteiger partial charge < -0.3 is 10.3 Å². The third kappa shape index (κ3) is 3.03. The second kappa shape index (κ2) is 6.50. The van der Waals surface area contributed by atoms with E-state index in [0.29, 0.717) is 11.9 Å². The molecule has 0 fully saturated rings. The lowest BCUT2D eigenvalue weighted by atomic mass is 10.0. The van der Waals surface area contributed by atoms with E-state index in [1.54, 1.807) is 0 Å². The third-order valence-corrected chi connectivity index (χ3v) is 3.56. The highest BCUT2D eigenvalue weighted by Crippen LogP contribution is 2.26. The Labute approximate surface area is 114 Å². The topological polar surface area (TPSA) is 69.6 Å². The second-order valence-electron chi connectivity index (χ2n) is 5.02. The number of hydrogen-bond acceptors (Lipinski definition) is 4. The first-order chi connectivity index (χ1) is 9.27. The average molecular weight is 261 g/mol. The SMILES string of the molecule is CCCCC(CCCC)n1cnc2c(N)ncnc21. The van der Waals surface area contributed by atoms with Crippen molar-refractivity contribution in [3.05, 3.63) is 12.7 Å². The predicted octanol–water partition coefficient (Wildman–Crippen LogP) is 3.33. The number of hydrogen-bond donors (Lipinski definition) is 1. The van der Waals surface area contributed by atoms with Crippen LogP contribution in [0.5, 0.6) is 0 Å². The predicted molar refractivity (Wildman–Crippen MR) is 77.8 cm³/mol. The Bertz CT molecular complexity index is 512. The van der Waals surface area contributed by atoms with Crippen LogP contribution in [0.1, 0.15) is 58.4 Å². The molecule has 0 saturated carbocycles. The van der Waals surface area contributed by atoms with Crippen molar-refractivity contribution in [3.63, 3.8) is 0 Å². The number of unbranched alkanes of at least 4 members (excludes halogenated alkanes) is 2. The van der Waals surface area contributed by atoms with Gasteiger partial charge in [-0.1, -0.05) is 39.5 Å². The molecule has 0 bridgehead atoms. The summed E-state index contributed by atoms with van der Waals surface area (Å²) in [6.07, 6.45) is 10.6. The van der Waals surface area contributed by atoms with Crippen LogP contribution in [0, 0.1) is 0 Å². The summed E-state index contributed by atoms with van der Waals surface area (Å²) in [5.74, 6) is 0.466. The molecule has 2 heterocycles. The fraction of sp³-hybridized carbons (Fsp3) is 0.643. The van der Waals surface area contributed by atoms with E-state index in [1.165, 1.54) is 44.9 Å². The minimum Gasteiger partial charge on any atom is -0.382 e. The van der Waals surface area contributed by atoms with Gasteiger partial charge in [-0.25, -0.2) is 15.0 Å². The van der Waals surface area contributed by atoms with Gasteiger partial charge in [0.05, 0.1) is 6.33 Å².